The van der Waals surface area contributed by atoms with Gasteiger partial charge in [-0.25, -0.2) is 19.3 Å². The second-order valence-electron chi connectivity index (χ2n) is 5.88. The molecule has 0 unspecified atom stereocenters. The third kappa shape index (κ3) is 2.90. The number of nitrogens with zero attached hydrogens (tertiary/aromatic N) is 5. The number of carbonyl (C=O) groups is 2. The molecule has 28 heavy (non-hydrogen) atoms. The van der Waals surface area contributed by atoms with Crippen molar-refractivity contribution < 1.29 is 19.8 Å². The third-order valence-electron chi connectivity index (χ3n) is 4.11. The molecule has 0 aliphatic rings. The average molecular weight is 380 g/mol. The average Bonchev–Trinajstić information content (AvgIpc) is 3.30. The van der Waals surface area contributed by atoms with E-state index in [0.717, 1.165) is 10.9 Å². The fourth-order valence-electron chi connectivity index (χ4n) is 2.80. The van der Waals surface area contributed by atoms with Gasteiger partial charge in [0, 0.05) is 6.20 Å². The predicted molar refractivity (Wildman–Crippen MR) is 94.7 cm³/mol. The van der Waals surface area contributed by atoms with Gasteiger partial charge < -0.3 is 14.8 Å². The molecule has 4 aromatic rings. The van der Waals surface area contributed by atoms with Gasteiger partial charge in [0.25, 0.3) is 5.56 Å². The molecule has 0 amide bonds. The third-order valence-corrected chi connectivity index (χ3v) is 4.11. The topological polar surface area (TPSA) is 156 Å². The smallest absolute Gasteiger partial charge is 0.338 e. The van der Waals surface area contributed by atoms with E-state index in [1.807, 2.05) is 0 Å². The van der Waals surface area contributed by atoms with Gasteiger partial charge in [-0.3, -0.25) is 9.78 Å². The Morgan fingerprint density at radius 1 is 1.14 bits per heavy atom. The van der Waals surface area contributed by atoms with Gasteiger partial charge in [0.05, 0.1) is 30.2 Å². The molecule has 0 aliphatic carbocycles. The molecule has 0 aliphatic heterocycles. The predicted octanol–water partition coefficient (Wildman–Crippen LogP) is 0.750. The Hall–Kier alpha value is -4.28. The molecule has 0 bridgehead atoms. The van der Waals surface area contributed by atoms with E-state index in [-0.39, 0.29) is 34.8 Å². The molecule has 11 heteroatoms. The van der Waals surface area contributed by atoms with Crippen LogP contribution in [0.4, 0.5) is 0 Å². The highest BCUT2D eigenvalue weighted by molar-refractivity contribution is 5.89. The van der Waals surface area contributed by atoms with Crippen LogP contribution in [0.3, 0.4) is 0 Å². The first-order chi connectivity index (χ1) is 13.4. The van der Waals surface area contributed by atoms with E-state index < -0.39 is 17.5 Å². The first kappa shape index (κ1) is 17.1. The maximum Gasteiger partial charge on any atom is 0.338 e. The molecule has 0 atom stereocenters. The van der Waals surface area contributed by atoms with Crippen molar-refractivity contribution in [1.29, 1.82) is 0 Å². The van der Waals surface area contributed by atoms with Crippen LogP contribution in [0.5, 0.6) is 0 Å². The van der Waals surface area contributed by atoms with Crippen molar-refractivity contribution in [3.05, 3.63) is 70.0 Å². The summed E-state index contributed by atoms with van der Waals surface area (Å²) in [6.45, 7) is 0.119. The molecule has 140 valence electrons. The first-order valence-electron chi connectivity index (χ1n) is 7.98. The van der Waals surface area contributed by atoms with Crippen LogP contribution < -0.4 is 5.56 Å². The summed E-state index contributed by atoms with van der Waals surface area (Å²) in [7, 11) is 0. The number of aromatic carboxylic acids is 2. The number of hydrogen-bond acceptors (Lipinski definition) is 6. The molecule has 4 rings (SSSR count). The highest BCUT2D eigenvalue weighted by atomic mass is 16.4. The van der Waals surface area contributed by atoms with Crippen LogP contribution in [-0.2, 0) is 6.54 Å². The molecule has 11 nitrogen and oxygen atoms in total. The molecule has 0 saturated heterocycles. The maximum absolute atomic E-state index is 12.6. The Kier molecular flexibility index (Phi) is 3.96. The van der Waals surface area contributed by atoms with E-state index >= 15 is 0 Å². The Morgan fingerprint density at radius 3 is 2.64 bits per heavy atom. The van der Waals surface area contributed by atoms with Crippen molar-refractivity contribution in [2.75, 3.05) is 0 Å². The van der Waals surface area contributed by atoms with Crippen LogP contribution in [0.25, 0.3) is 17.1 Å². The van der Waals surface area contributed by atoms with Crippen LogP contribution in [0.15, 0.2) is 47.8 Å². The lowest BCUT2D eigenvalue weighted by atomic mass is 10.1. The van der Waals surface area contributed by atoms with Crippen molar-refractivity contribution in [3.63, 3.8) is 0 Å². The lowest BCUT2D eigenvalue weighted by molar-refractivity contribution is 0.0685. The van der Waals surface area contributed by atoms with Crippen molar-refractivity contribution in [3.8, 4) is 5.95 Å². The van der Waals surface area contributed by atoms with E-state index in [1.165, 1.54) is 23.2 Å². The Balaban J connectivity index is 1.76. The lowest BCUT2D eigenvalue weighted by Gasteiger charge is -2.07. The SMILES string of the molecule is O=C(O)c1cnn(-c2nc3ncn(Cc4ccccc4C(=O)O)c3c(=O)[nH]2)c1. The van der Waals surface area contributed by atoms with Gasteiger partial charge in [-0.05, 0) is 11.6 Å². The Bertz CT molecular complexity index is 1280. The molecule has 3 N–H and O–H groups in total. The minimum Gasteiger partial charge on any atom is -0.478 e. The molecule has 1 aromatic carbocycles. The van der Waals surface area contributed by atoms with Crippen molar-refractivity contribution in [2.24, 2.45) is 0 Å². The quantitative estimate of drug-likeness (QED) is 0.458. The normalized spacial score (nSPS) is 11.0. The zero-order valence-corrected chi connectivity index (χ0v) is 14.1. The van der Waals surface area contributed by atoms with Gasteiger partial charge in [0.2, 0.25) is 5.95 Å². The summed E-state index contributed by atoms with van der Waals surface area (Å²) in [4.78, 5) is 45.8. The fraction of sp³-hybridized carbons (Fsp3) is 0.0588. The number of rotatable bonds is 5. The molecule has 0 radical (unpaired) electrons. The fourth-order valence-corrected chi connectivity index (χ4v) is 2.80. The Morgan fingerprint density at radius 2 is 1.93 bits per heavy atom. The second kappa shape index (κ2) is 6.46. The van der Waals surface area contributed by atoms with Gasteiger partial charge >= 0.3 is 11.9 Å². The zero-order valence-electron chi connectivity index (χ0n) is 14.1. The van der Waals surface area contributed by atoms with Gasteiger partial charge in [-0.1, -0.05) is 18.2 Å². The van der Waals surface area contributed by atoms with Crippen LogP contribution >= 0.6 is 0 Å². The van der Waals surface area contributed by atoms with E-state index in [2.05, 4.69) is 20.1 Å². The minimum absolute atomic E-state index is 0.0150. The number of imidazole rings is 1. The number of carboxylic acids is 2. The highest BCUT2D eigenvalue weighted by Gasteiger charge is 2.16. The minimum atomic E-state index is -1.16. The summed E-state index contributed by atoms with van der Waals surface area (Å²) in [5, 5.41) is 22.1. The maximum atomic E-state index is 12.6. The Labute approximate surface area is 155 Å². The summed E-state index contributed by atoms with van der Waals surface area (Å²) in [6, 6.07) is 6.46. The van der Waals surface area contributed by atoms with Crippen LogP contribution in [0.2, 0.25) is 0 Å². The van der Waals surface area contributed by atoms with Crippen LogP contribution in [0.1, 0.15) is 26.3 Å². The van der Waals surface area contributed by atoms with E-state index in [9.17, 15) is 19.5 Å². The molecular formula is C17H12N6O5. The van der Waals surface area contributed by atoms with Crippen molar-refractivity contribution in [1.82, 2.24) is 29.3 Å². The highest BCUT2D eigenvalue weighted by Crippen LogP contribution is 2.14. The van der Waals surface area contributed by atoms with E-state index in [4.69, 9.17) is 5.11 Å². The lowest BCUT2D eigenvalue weighted by Crippen LogP contribution is -2.17. The summed E-state index contributed by atoms with van der Waals surface area (Å²) in [5.41, 5.74) is 0.351. The van der Waals surface area contributed by atoms with Crippen molar-refractivity contribution in [2.45, 2.75) is 6.54 Å². The van der Waals surface area contributed by atoms with Crippen LogP contribution in [-0.4, -0.2) is 51.5 Å². The molecule has 3 heterocycles. The largest absolute Gasteiger partial charge is 0.478 e. The summed E-state index contributed by atoms with van der Waals surface area (Å²) in [6.07, 6.45) is 3.74. The monoisotopic (exact) mass is 380 g/mol. The van der Waals surface area contributed by atoms with Gasteiger partial charge in [0.15, 0.2) is 11.2 Å². The summed E-state index contributed by atoms with van der Waals surface area (Å²) in [5.74, 6) is -2.21. The van der Waals surface area contributed by atoms with E-state index in [1.54, 1.807) is 18.2 Å². The summed E-state index contributed by atoms with van der Waals surface area (Å²) >= 11 is 0. The molecule has 0 spiro atoms. The number of nitrogens with one attached hydrogen (secondary N) is 1. The van der Waals surface area contributed by atoms with Crippen LogP contribution in [0, 0.1) is 0 Å². The van der Waals surface area contributed by atoms with E-state index in [0.29, 0.717) is 5.56 Å². The second-order valence-corrected chi connectivity index (χ2v) is 5.88. The number of hydrogen-bond donors (Lipinski definition) is 3. The van der Waals surface area contributed by atoms with Gasteiger partial charge in [0.1, 0.15) is 0 Å². The zero-order chi connectivity index (χ0) is 19.8. The molecule has 0 fully saturated rings. The number of benzene rings is 1. The van der Waals surface area contributed by atoms with Crippen molar-refractivity contribution >= 4 is 23.1 Å². The standard InChI is InChI=1S/C17H12N6O5/c24-14-12-13(20-17(21-14)23-7-10(5-19-23)15(25)26)18-8-22(12)6-9-3-1-2-4-11(9)16(27)28/h1-5,7-8H,6H2,(H,25,26)(H,27,28)(H,20,21,24). The number of aromatic nitrogens is 6. The number of fused-ring (bicyclic) bond motifs is 1. The van der Waals surface area contributed by atoms with Gasteiger partial charge in [-0.15, -0.1) is 0 Å². The first-order valence-corrected chi connectivity index (χ1v) is 7.98. The molecule has 3 aromatic heterocycles. The number of aromatic amines is 1. The summed E-state index contributed by atoms with van der Waals surface area (Å²) < 4.78 is 2.63. The molecule has 0 saturated carbocycles. The van der Waals surface area contributed by atoms with Gasteiger partial charge in [-0.2, -0.15) is 10.1 Å². The molecular weight excluding hydrogens is 368 g/mol. The number of H-pyrrole nitrogens is 1. The number of carboxylic acid groups (broad SMARTS) is 2.